The van der Waals surface area contributed by atoms with Crippen molar-refractivity contribution in [2.45, 2.75) is 6.92 Å². The summed E-state index contributed by atoms with van der Waals surface area (Å²) in [5.74, 6) is -3.05. The number of esters is 1. The average molecular weight is 286 g/mol. The minimum absolute atomic E-state index is 0.00743. The fraction of sp³-hybridized carbons (Fsp3) is 0.250. The topological polar surface area (TPSA) is 85.6 Å². The number of halogens is 1. The lowest BCUT2D eigenvalue weighted by Crippen LogP contribution is -2.22. The molecule has 0 radical (unpaired) electrons. The van der Waals surface area contributed by atoms with Crippen LogP contribution >= 0.6 is 11.6 Å². The van der Waals surface area contributed by atoms with E-state index in [4.69, 9.17) is 11.6 Å². The summed E-state index contributed by atoms with van der Waals surface area (Å²) >= 11 is 5.06. The Morgan fingerprint density at radius 3 is 2.47 bits per heavy atom. The lowest BCUT2D eigenvalue weighted by Gasteiger charge is -2.08. The molecule has 0 bridgehead atoms. The first-order valence-electron chi connectivity index (χ1n) is 5.36. The van der Waals surface area contributed by atoms with E-state index in [1.807, 2.05) is 0 Å². The molecular formula is C12H12ClNO5. The zero-order chi connectivity index (χ0) is 14.6. The number of nitrogens with zero attached hydrogens (tertiary/aromatic N) is 1. The minimum Gasteiger partial charge on any atom is -0.505 e. The third-order valence-electron chi connectivity index (χ3n) is 2.31. The molecule has 19 heavy (non-hydrogen) atoms. The number of aliphatic hydroxyl groups is 1. The van der Waals surface area contributed by atoms with E-state index in [0.29, 0.717) is 0 Å². The molecule has 0 fully saturated rings. The van der Waals surface area contributed by atoms with Gasteiger partial charge in [0.2, 0.25) is 0 Å². The highest BCUT2D eigenvalue weighted by Crippen LogP contribution is 2.19. The molecule has 6 nitrogen and oxygen atoms in total. The molecule has 1 aromatic heterocycles. The fourth-order valence-corrected chi connectivity index (χ4v) is 1.53. The Balaban J connectivity index is 3.38. The van der Waals surface area contributed by atoms with Crippen molar-refractivity contribution in [2.75, 3.05) is 6.61 Å². The molecule has 1 N–H and O–H groups in total. The molecule has 1 aromatic rings. The molecule has 0 aliphatic carbocycles. The van der Waals surface area contributed by atoms with Gasteiger partial charge < -0.3 is 14.4 Å². The molecule has 0 atom stereocenters. The zero-order valence-corrected chi connectivity index (χ0v) is 11.1. The van der Waals surface area contributed by atoms with E-state index in [1.54, 1.807) is 19.3 Å². The van der Waals surface area contributed by atoms with Crippen molar-refractivity contribution in [3.63, 3.8) is 0 Å². The monoisotopic (exact) mass is 285 g/mol. The van der Waals surface area contributed by atoms with Crippen LogP contribution < -0.4 is 0 Å². The number of carbonyl (C=O) groups excluding carboxylic acids is 3. The molecule has 0 unspecified atom stereocenters. The number of ketones is 1. The third-order valence-corrected chi connectivity index (χ3v) is 2.48. The van der Waals surface area contributed by atoms with Crippen LogP contribution in [0.2, 0.25) is 0 Å². The van der Waals surface area contributed by atoms with Crippen LogP contribution in [0.3, 0.4) is 0 Å². The van der Waals surface area contributed by atoms with Crippen LogP contribution in [0.4, 0.5) is 0 Å². The van der Waals surface area contributed by atoms with Gasteiger partial charge in [0.05, 0.1) is 12.3 Å². The van der Waals surface area contributed by atoms with E-state index in [0.717, 1.165) is 0 Å². The molecule has 0 aliphatic rings. The SMILES string of the molecule is CCOC(=O)C(C(=O)C(=O)Cl)=C(O)c1cccn1C. The molecule has 7 heteroatoms. The van der Waals surface area contributed by atoms with Crippen molar-refractivity contribution in [2.24, 2.45) is 7.05 Å². The van der Waals surface area contributed by atoms with Crippen LogP contribution in [0.5, 0.6) is 0 Å². The second kappa shape index (κ2) is 6.19. The maximum Gasteiger partial charge on any atom is 0.346 e. The summed E-state index contributed by atoms with van der Waals surface area (Å²) in [5, 5.41) is 8.62. The summed E-state index contributed by atoms with van der Waals surface area (Å²) < 4.78 is 6.11. The molecule has 1 heterocycles. The molecule has 0 aliphatic heterocycles. The Morgan fingerprint density at radius 2 is 2.05 bits per heavy atom. The predicted molar refractivity (Wildman–Crippen MR) is 67.5 cm³/mol. The van der Waals surface area contributed by atoms with Crippen molar-refractivity contribution in [1.82, 2.24) is 4.57 Å². The van der Waals surface area contributed by atoms with Crippen LogP contribution in [-0.4, -0.2) is 33.3 Å². The van der Waals surface area contributed by atoms with Gasteiger partial charge in [0.15, 0.2) is 11.3 Å². The van der Waals surface area contributed by atoms with Gasteiger partial charge in [-0.05, 0) is 30.7 Å². The standard InChI is InChI=1S/C12H12ClNO5/c1-3-19-12(18)8(10(16)11(13)17)9(15)7-5-4-6-14(7)2/h4-6,15H,3H2,1-2H3. The summed E-state index contributed by atoms with van der Waals surface area (Å²) in [5.41, 5.74) is -0.585. The maximum absolute atomic E-state index is 11.7. The Bertz CT molecular complexity index is 558. The van der Waals surface area contributed by atoms with Gasteiger partial charge in [-0.1, -0.05) is 0 Å². The number of aryl methyl sites for hydroxylation is 1. The second-order valence-electron chi connectivity index (χ2n) is 3.55. The summed E-state index contributed by atoms with van der Waals surface area (Å²) in [6.07, 6.45) is 1.60. The molecule has 0 saturated carbocycles. The lowest BCUT2D eigenvalue weighted by atomic mass is 10.1. The highest BCUT2D eigenvalue weighted by molar-refractivity contribution is 6.84. The average Bonchev–Trinajstić information content (AvgIpc) is 2.75. The molecule has 0 spiro atoms. The van der Waals surface area contributed by atoms with E-state index >= 15 is 0 Å². The number of aliphatic hydroxyl groups excluding tert-OH is 1. The van der Waals surface area contributed by atoms with E-state index < -0.39 is 28.3 Å². The molecule has 0 aromatic carbocycles. The van der Waals surface area contributed by atoms with Gasteiger partial charge in [0.25, 0.3) is 11.0 Å². The smallest absolute Gasteiger partial charge is 0.346 e. The molecule has 102 valence electrons. The lowest BCUT2D eigenvalue weighted by molar-refractivity contribution is -0.141. The van der Waals surface area contributed by atoms with E-state index in [9.17, 15) is 19.5 Å². The number of Topliss-reactive ketones (excluding diaryl/α,β-unsaturated/α-hetero) is 1. The number of aromatic nitrogens is 1. The van der Waals surface area contributed by atoms with Crippen molar-refractivity contribution in [1.29, 1.82) is 0 Å². The normalized spacial score (nSPS) is 11.7. The number of hydrogen-bond acceptors (Lipinski definition) is 5. The van der Waals surface area contributed by atoms with Gasteiger partial charge in [0.1, 0.15) is 0 Å². The summed E-state index contributed by atoms with van der Waals surface area (Å²) in [6.45, 7) is 1.52. The summed E-state index contributed by atoms with van der Waals surface area (Å²) in [4.78, 5) is 34.2. The number of carbonyl (C=O) groups is 3. The number of ether oxygens (including phenoxy) is 1. The van der Waals surface area contributed by atoms with Crippen LogP contribution in [0.25, 0.3) is 5.76 Å². The largest absolute Gasteiger partial charge is 0.505 e. The number of hydrogen-bond donors (Lipinski definition) is 1. The minimum atomic E-state index is -1.37. The quantitative estimate of drug-likeness (QED) is 0.167. The Hall–Kier alpha value is -2.08. The number of rotatable bonds is 5. The van der Waals surface area contributed by atoms with Crippen molar-refractivity contribution in [3.05, 3.63) is 29.6 Å². The van der Waals surface area contributed by atoms with Gasteiger partial charge in [-0.2, -0.15) is 0 Å². The van der Waals surface area contributed by atoms with Crippen molar-refractivity contribution < 1.29 is 24.2 Å². The molecule has 0 amide bonds. The van der Waals surface area contributed by atoms with Crippen LogP contribution in [-0.2, 0) is 26.2 Å². The Morgan fingerprint density at radius 1 is 1.42 bits per heavy atom. The van der Waals surface area contributed by atoms with Gasteiger partial charge in [-0.15, -0.1) is 0 Å². The highest BCUT2D eigenvalue weighted by atomic mass is 35.5. The first-order valence-corrected chi connectivity index (χ1v) is 5.74. The van der Waals surface area contributed by atoms with Crippen molar-refractivity contribution in [3.8, 4) is 0 Å². The van der Waals surface area contributed by atoms with E-state index in [2.05, 4.69) is 4.74 Å². The van der Waals surface area contributed by atoms with E-state index in [1.165, 1.54) is 17.6 Å². The van der Waals surface area contributed by atoms with Gasteiger partial charge in [-0.3, -0.25) is 9.59 Å². The third kappa shape index (κ3) is 3.23. The van der Waals surface area contributed by atoms with Crippen LogP contribution in [0.1, 0.15) is 12.6 Å². The fourth-order valence-electron chi connectivity index (χ4n) is 1.43. The molecular weight excluding hydrogens is 274 g/mol. The second-order valence-corrected chi connectivity index (χ2v) is 3.89. The highest BCUT2D eigenvalue weighted by Gasteiger charge is 2.30. The summed E-state index contributed by atoms with van der Waals surface area (Å²) in [6, 6.07) is 3.07. The first kappa shape index (κ1) is 15.0. The van der Waals surface area contributed by atoms with Gasteiger partial charge in [-0.25, -0.2) is 4.79 Å². The maximum atomic E-state index is 11.7. The van der Waals surface area contributed by atoms with E-state index in [-0.39, 0.29) is 12.3 Å². The molecule has 1 rings (SSSR count). The zero-order valence-electron chi connectivity index (χ0n) is 10.3. The van der Waals surface area contributed by atoms with Crippen LogP contribution in [0.15, 0.2) is 23.9 Å². The van der Waals surface area contributed by atoms with Crippen LogP contribution in [0, 0.1) is 0 Å². The van der Waals surface area contributed by atoms with Crippen molar-refractivity contribution >= 4 is 34.4 Å². The van der Waals surface area contributed by atoms with Gasteiger partial charge >= 0.3 is 5.97 Å². The Kier molecular flexibility index (Phi) is 4.88. The predicted octanol–water partition coefficient (Wildman–Crippen LogP) is 1.19. The molecule has 0 saturated heterocycles. The first-order chi connectivity index (χ1) is 8.90. The van der Waals surface area contributed by atoms with Gasteiger partial charge in [0, 0.05) is 13.2 Å². The summed E-state index contributed by atoms with van der Waals surface area (Å²) in [7, 11) is 1.60. The Labute approximate surface area is 114 Å².